The fourth-order valence-electron chi connectivity index (χ4n) is 1.72. The van der Waals surface area contributed by atoms with E-state index in [1.54, 1.807) is 12.1 Å². The molecule has 0 radical (unpaired) electrons. The maximum atomic E-state index is 10.6. The highest BCUT2D eigenvalue weighted by atomic mass is 16.6. The van der Waals surface area contributed by atoms with Crippen LogP contribution in [0.4, 0.5) is 5.69 Å². The Kier molecular flexibility index (Phi) is 9.34. The van der Waals surface area contributed by atoms with Gasteiger partial charge in [-0.05, 0) is 12.0 Å². The monoisotopic (exact) mass is 324 g/mol. The van der Waals surface area contributed by atoms with Crippen LogP contribution in [0.2, 0.25) is 0 Å². The standard InChI is InChI=1S/C15H24N4O4/c1-2-7-16-15(17-8-10-23-11-9-20)18-12-13-3-5-14(6-4-13)19(21)22/h3-6,20H,2,7-12H2,1H3,(H2,16,17,18). The maximum Gasteiger partial charge on any atom is 0.269 e. The van der Waals surface area contributed by atoms with E-state index in [2.05, 4.69) is 22.5 Å². The molecule has 0 aliphatic rings. The van der Waals surface area contributed by atoms with Gasteiger partial charge >= 0.3 is 0 Å². The Labute approximate surface area is 135 Å². The molecule has 0 aliphatic carbocycles. The van der Waals surface area contributed by atoms with Gasteiger partial charge in [-0.2, -0.15) is 0 Å². The van der Waals surface area contributed by atoms with Crippen molar-refractivity contribution in [3.8, 4) is 0 Å². The van der Waals surface area contributed by atoms with Gasteiger partial charge in [0.05, 0.1) is 31.3 Å². The third-order valence-corrected chi connectivity index (χ3v) is 2.88. The highest BCUT2D eigenvalue weighted by Crippen LogP contribution is 2.12. The Balaban J connectivity index is 2.51. The number of benzene rings is 1. The van der Waals surface area contributed by atoms with Crippen molar-refractivity contribution in [3.05, 3.63) is 39.9 Å². The quantitative estimate of drug-likeness (QED) is 0.195. The molecule has 1 aromatic carbocycles. The Bertz CT molecular complexity index is 491. The van der Waals surface area contributed by atoms with E-state index in [4.69, 9.17) is 9.84 Å². The number of aliphatic imine (C=N–C) groups is 1. The summed E-state index contributed by atoms with van der Waals surface area (Å²) in [5.74, 6) is 0.665. The van der Waals surface area contributed by atoms with E-state index in [-0.39, 0.29) is 12.3 Å². The van der Waals surface area contributed by atoms with Gasteiger partial charge in [-0.25, -0.2) is 4.99 Å². The number of nitro groups is 1. The third-order valence-electron chi connectivity index (χ3n) is 2.88. The van der Waals surface area contributed by atoms with Crippen molar-refractivity contribution in [2.75, 3.05) is 32.9 Å². The largest absolute Gasteiger partial charge is 0.394 e. The average Bonchev–Trinajstić information content (AvgIpc) is 2.56. The molecular weight excluding hydrogens is 300 g/mol. The van der Waals surface area contributed by atoms with Gasteiger partial charge in [-0.15, -0.1) is 0 Å². The number of nitrogens with one attached hydrogen (secondary N) is 2. The second-order valence-corrected chi connectivity index (χ2v) is 4.78. The number of rotatable bonds is 10. The topological polar surface area (TPSA) is 109 Å². The van der Waals surface area contributed by atoms with Gasteiger partial charge in [0.15, 0.2) is 5.96 Å². The van der Waals surface area contributed by atoms with Crippen LogP contribution in [0.15, 0.2) is 29.3 Å². The van der Waals surface area contributed by atoms with Crippen molar-refractivity contribution in [1.29, 1.82) is 0 Å². The number of hydrogen-bond acceptors (Lipinski definition) is 5. The molecule has 8 heteroatoms. The molecule has 0 amide bonds. The van der Waals surface area contributed by atoms with E-state index in [9.17, 15) is 10.1 Å². The van der Waals surface area contributed by atoms with Crippen molar-refractivity contribution in [2.24, 2.45) is 4.99 Å². The molecule has 1 aromatic rings. The first kappa shape index (κ1) is 18.9. The van der Waals surface area contributed by atoms with E-state index in [1.165, 1.54) is 12.1 Å². The van der Waals surface area contributed by atoms with Crippen LogP contribution in [0, 0.1) is 10.1 Å². The minimum atomic E-state index is -0.421. The van der Waals surface area contributed by atoms with Gasteiger partial charge in [0.1, 0.15) is 0 Å². The summed E-state index contributed by atoms with van der Waals surface area (Å²) in [4.78, 5) is 14.6. The first-order chi connectivity index (χ1) is 11.2. The molecule has 23 heavy (non-hydrogen) atoms. The predicted octanol–water partition coefficient (Wildman–Crippen LogP) is 1.05. The van der Waals surface area contributed by atoms with Crippen LogP contribution >= 0.6 is 0 Å². The molecule has 0 spiro atoms. The van der Waals surface area contributed by atoms with Gasteiger partial charge in [-0.3, -0.25) is 10.1 Å². The molecule has 3 N–H and O–H groups in total. The second-order valence-electron chi connectivity index (χ2n) is 4.78. The van der Waals surface area contributed by atoms with Crippen molar-refractivity contribution >= 4 is 11.6 Å². The van der Waals surface area contributed by atoms with Gasteiger partial charge in [0.2, 0.25) is 0 Å². The molecule has 8 nitrogen and oxygen atoms in total. The number of ether oxygens (including phenoxy) is 1. The van der Waals surface area contributed by atoms with Gasteiger partial charge in [-0.1, -0.05) is 19.1 Å². The van der Waals surface area contributed by atoms with E-state index in [1.807, 2.05) is 0 Å². The molecule has 0 aromatic heterocycles. The lowest BCUT2D eigenvalue weighted by molar-refractivity contribution is -0.384. The lowest BCUT2D eigenvalue weighted by Crippen LogP contribution is -2.39. The summed E-state index contributed by atoms with van der Waals surface area (Å²) in [6.45, 7) is 4.67. The molecule has 0 bridgehead atoms. The van der Waals surface area contributed by atoms with Crippen LogP contribution in [0.3, 0.4) is 0 Å². The van der Waals surface area contributed by atoms with E-state index < -0.39 is 4.92 Å². The lowest BCUT2D eigenvalue weighted by atomic mass is 10.2. The number of guanidine groups is 1. The van der Waals surface area contributed by atoms with Crippen LogP contribution in [-0.4, -0.2) is 48.9 Å². The molecule has 1 rings (SSSR count). The molecular formula is C15H24N4O4. The summed E-state index contributed by atoms with van der Waals surface area (Å²) < 4.78 is 5.18. The summed E-state index contributed by atoms with van der Waals surface area (Å²) in [7, 11) is 0. The predicted molar refractivity (Wildman–Crippen MR) is 88.4 cm³/mol. The zero-order valence-electron chi connectivity index (χ0n) is 13.3. The van der Waals surface area contributed by atoms with E-state index >= 15 is 0 Å². The fourth-order valence-corrected chi connectivity index (χ4v) is 1.72. The SMILES string of the molecule is CCCNC(=NCc1ccc([N+](=O)[O-])cc1)NCCOCCO. The highest BCUT2D eigenvalue weighted by molar-refractivity contribution is 5.79. The van der Waals surface area contributed by atoms with Crippen LogP contribution in [-0.2, 0) is 11.3 Å². The zero-order chi connectivity index (χ0) is 16.9. The first-order valence-corrected chi connectivity index (χ1v) is 7.61. The van der Waals surface area contributed by atoms with Crippen molar-refractivity contribution in [3.63, 3.8) is 0 Å². The highest BCUT2D eigenvalue weighted by Gasteiger charge is 2.04. The first-order valence-electron chi connectivity index (χ1n) is 7.61. The lowest BCUT2D eigenvalue weighted by Gasteiger charge is -2.12. The maximum absolute atomic E-state index is 10.6. The van der Waals surface area contributed by atoms with Crippen molar-refractivity contribution in [2.45, 2.75) is 19.9 Å². The number of aliphatic hydroxyl groups is 1. The molecule has 0 unspecified atom stereocenters. The molecule has 0 atom stereocenters. The molecule has 0 aliphatic heterocycles. The summed E-state index contributed by atoms with van der Waals surface area (Å²) in [5.41, 5.74) is 0.964. The van der Waals surface area contributed by atoms with Crippen molar-refractivity contribution in [1.82, 2.24) is 10.6 Å². The molecule has 0 saturated carbocycles. The molecule has 0 fully saturated rings. The molecule has 128 valence electrons. The van der Waals surface area contributed by atoms with Crippen LogP contribution in [0.5, 0.6) is 0 Å². The van der Waals surface area contributed by atoms with E-state index in [0.29, 0.717) is 32.3 Å². The summed E-state index contributed by atoms with van der Waals surface area (Å²) in [5, 5.41) is 25.6. The van der Waals surface area contributed by atoms with Crippen LogP contribution in [0.1, 0.15) is 18.9 Å². The molecule has 0 heterocycles. The normalized spacial score (nSPS) is 11.3. The van der Waals surface area contributed by atoms with Crippen LogP contribution in [0.25, 0.3) is 0 Å². The van der Waals surface area contributed by atoms with Gasteiger partial charge < -0.3 is 20.5 Å². The van der Waals surface area contributed by atoms with E-state index in [0.717, 1.165) is 18.5 Å². The third kappa shape index (κ3) is 8.12. The number of nitrogens with zero attached hydrogens (tertiary/aromatic N) is 2. The number of aliphatic hydroxyl groups excluding tert-OH is 1. The fraction of sp³-hybridized carbons (Fsp3) is 0.533. The number of hydrogen-bond donors (Lipinski definition) is 3. The Hall–Kier alpha value is -2.19. The second kappa shape index (κ2) is 11.4. The van der Waals surface area contributed by atoms with Gasteiger partial charge in [0, 0.05) is 25.2 Å². The Morgan fingerprint density at radius 1 is 1.26 bits per heavy atom. The number of nitro benzene ring substituents is 1. The minimum absolute atomic E-state index is 0.00910. The van der Waals surface area contributed by atoms with Gasteiger partial charge in [0.25, 0.3) is 5.69 Å². The number of non-ortho nitro benzene ring substituents is 1. The Morgan fingerprint density at radius 2 is 1.96 bits per heavy atom. The Morgan fingerprint density at radius 3 is 2.57 bits per heavy atom. The minimum Gasteiger partial charge on any atom is -0.394 e. The van der Waals surface area contributed by atoms with Crippen molar-refractivity contribution < 1.29 is 14.8 Å². The summed E-state index contributed by atoms with van der Waals surface area (Å²) in [6, 6.07) is 6.34. The smallest absolute Gasteiger partial charge is 0.269 e. The zero-order valence-corrected chi connectivity index (χ0v) is 13.3. The van der Waals surface area contributed by atoms with Crippen LogP contribution < -0.4 is 10.6 Å². The summed E-state index contributed by atoms with van der Waals surface area (Å²) in [6.07, 6.45) is 0.971. The summed E-state index contributed by atoms with van der Waals surface area (Å²) >= 11 is 0. The average molecular weight is 324 g/mol. The molecule has 0 saturated heterocycles.